The molecular weight excluding hydrogens is 172 g/mol. The molecule has 0 spiro atoms. The van der Waals surface area contributed by atoms with Gasteiger partial charge in [-0.05, 0) is 51.1 Å². The van der Waals surface area contributed by atoms with E-state index in [9.17, 15) is 0 Å². The Bertz CT molecular complexity index is 160. The molecule has 2 heteroatoms. The van der Waals surface area contributed by atoms with Gasteiger partial charge in [-0.1, -0.05) is 6.92 Å². The van der Waals surface area contributed by atoms with Gasteiger partial charge in [-0.3, -0.25) is 0 Å². The van der Waals surface area contributed by atoms with Crippen molar-refractivity contribution in [2.75, 3.05) is 26.2 Å². The number of hydrogen-bond acceptors (Lipinski definition) is 2. The van der Waals surface area contributed by atoms with E-state index in [4.69, 9.17) is 0 Å². The summed E-state index contributed by atoms with van der Waals surface area (Å²) in [6, 6.07) is 0.792. The molecule has 1 aliphatic heterocycles. The third kappa shape index (κ3) is 3.25. The van der Waals surface area contributed by atoms with Gasteiger partial charge in [0.25, 0.3) is 0 Å². The predicted molar refractivity (Wildman–Crippen MR) is 60.5 cm³/mol. The third-order valence-corrected chi connectivity index (χ3v) is 3.39. The van der Waals surface area contributed by atoms with Crippen molar-refractivity contribution in [3.63, 3.8) is 0 Å². The van der Waals surface area contributed by atoms with Gasteiger partial charge < -0.3 is 10.2 Å². The summed E-state index contributed by atoms with van der Waals surface area (Å²) in [7, 11) is 0. The van der Waals surface area contributed by atoms with Gasteiger partial charge in [0.2, 0.25) is 0 Å². The zero-order valence-corrected chi connectivity index (χ0v) is 9.47. The first-order valence-corrected chi connectivity index (χ1v) is 6.34. The maximum absolute atomic E-state index is 3.60. The second kappa shape index (κ2) is 5.13. The number of nitrogens with zero attached hydrogens (tertiary/aromatic N) is 1. The first-order valence-electron chi connectivity index (χ1n) is 6.34. The minimum absolute atomic E-state index is 0.792. The Kier molecular flexibility index (Phi) is 3.82. The molecular formula is C12H24N2. The van der Waals surface area contributed by atoms with Gasteiger partial charge in [-0.25, -0.2) is 0 Å². The van der Waals surface area contributed by atoms with E-state index in [1.54, 1.807) is 0 Å². The molecule has 1 heterocycles. The molecule has 2 nitrogen and oxygen atoms in total. The van der Waals surface area contributed by atoms with Gasteiger partial charge in [0.1, 0.15) is 0 Å². The van der Waals surface area contributed by atoms with Crippen LogP contribution in [0.1, 0.15) is 39.0 Å². The molecule has 0 aromatic heterocycles. The molecule has 1 saturated carbocycles. The van der Waals surface area contributed by atoms with Gasteiger partial charge >= 0.3 is 0 Å². The van der Waals surface area contributed by atoms with Crippen LogP contribution >= 0.6 is 0 Å². The van der Waals surface area contributed by atoms with E-state index >= 15 is 0 Å². The standard InChI is InChI=1S/C12H24N2/c1-2-8-14(9-11-5-6-11)10-12-4-3-7-13-12/h11-13H,2-10H2,1H3/t12-/m0/s1. The monoisotopic (exact) mass is 196 g/mol. The summed E-state index contributed by atoms with van der Waals surface area (Å²) in [4.78, 5) is 2.68. The number of hydrogen-bond donors (Lipinski definition) is 1. The zero-order chi connectivity index (χ0) is 9.80. The van der Waals surface area contributed by atoms with Gasteiger partial charge in [0.15, 0.2) is 0 Å². The lowest BCUT2D eigenvalue weighted by atomic mass is 10.2. The highest BCUT2D eigenvalue weighted by atomic mass is 15.2. The first-order chi connectivity index (χ1) is 6.88. The van der Waals surface area contributed by atoms with E-state index in [0.717, 1.165) is 12.0 Å². The molecule has 2 aliphatic rings. The highest BCUT2D eigenvalue weighted by Gasteiger charge is 2.25. The minimum Gasteiger partial charge on any atom is -0.313 e. The molecule has 0 unspecified atom stereocenters. The van der Waals surface area contributed by atoms with Crippen molar-refractivity contribution in [3.8, 4) is 0 Å². The lowest BCUT2D eigenvalue weighted by molar-refractivity contribution is 0.240. The van der Waals surface area contributed by atoms with E-state index in [0.29, 0.717) is 0 Å². The van der Waals surface area contributed by atoms with Crippen molar-refractivity contribution in [1.82, 2.24) is 10.2 Å². The van der Waals surface area contributed by atoms with Crippen LogP contribution < -0.4 is 5.32 Å². The van der Waals surface area contributed by atoms with Crippen molar-refractivity contribution in [3.05, 3.63) is 0 Å². The van der Waals surface area contributed by atoms with Crippen LogP contribution in [-0.2, 0) is 0 Å². The summed E-state index contributed by atoms with van der Waals surface area (Å²) in [5, 5.41) is 3.60. The Morgan fingerprint density at radius 1 is 1.21 bits per heavy atom. The highest BCUT2D eigenvalue weighted by molar-refractivity contribution is 4.82. The molecule has 0 aromatic rings. The van der Waals surface area contributed by atoms with Crippen molar-refractivity contribution in [1.29, 1.82) is 0 Å². The lowest BCUT2D eigenvalue weighted by Crippen LogP contribution is -2.39. The Labute approximate surface area is 88.1 Å². The smallest absolute Gasteiger partial charge is 0.0195 e. The summed E-state index contributed by atoms with van der Waals surface area (Å²) < 4.78 is 0. The van der Waals surface area contributed by atoms with Crippen LogP contribution in [0.5, 0.6) is 0 Å². The van der Waals surface area contributed by atoms with Crippen molar-refractivity contribution in [2.45, 2.75) is 45.1 Å². The Morgan fingerprint density at radius 3 is 2.64 bits per heavy atom. The quantitative estimate of drug-likeness (QED) is 0.697. The normalized spacial score (nSPS) is 27.4. The van der Waals surface area contributed by atoms with Crippen LogP contribution in [0.3, 0.4) is 0 Å². The zero-order valence-electron chi connectivity index (χ0n) is 9.47. The van der Waals surface area contributed by atoms with Crippen molar-refractivity contribution in [2.24, 2.45) is 5.92 Å². The summed E-state index contributed by atoms with van der Waals surface area (Å²) in [5.41, 5.74) is 0. The van der Waals surface area contributed by atoms with E-state index in [1.165, 1.54) is 58.3 Å². The van der Waals surface area contributed by atoms with Gasteiger partial charge in [-0.2, -0.15) is 0 Å². The molecule has 0 radical (unpaired) electrons. The van der Waals surface area contributed by atoms with Crippen LogP contribution in [0.15, 0.2) is 0 Å². The summed E-state index contributed by atoms with van der Waals surface area (Å²) in [5.74, 6) is 1.04. The summed E-state index contributed by atoms with van der Waals surface area (Å²) in [6.07, 6.45) is 7.05. The Morgan fingerprint density at radius 2 is 2.07 bits per heavy atom. The van der Waals surface area contributed by atoms with Gasteiger partial charge in [0, 0.05) is 19.1 Å². The summed E-state index contributed by atoms with van der Waals surface area (Å²) >= 11 is 0. The van der Waals surface area contributed by atoms with Crippen molar-refractivity contribution < 1.29 is 0 Å². The molecule has 1 N–H and O–H groups in total. The molecule has 2 rings (SSSR count). The predicted octanol–water partition coefficient (Wildman–Crippen LogP) is 1.86. The molecule has 0 bridgehead atoms. The molecule has 1 atom stereocenters. The molecule has 0 amide bonds. The largest absolute Gasteiger partial charge is 0.313 e. The first kappa shape index (κ1) is 10.4. The van der Waals surface area contributed by atoms with Crippen LogP contribution in [0.25, 0.3) is 0 Å². The number of nitrogens with one attached hydrogen (secondary N) is 1. The average molecular weight is 196 g/mol. The SMILES string of the molecule is CCCN(CC1CC1)C[C@@H]1CCCN1. The fraction of sp³-hybridized carbons (Fsp3) is 1.00. The second-order valence-electron chi connectivity index (χ2n) is 5.00. The van der Waals surface area contributed by atoms with Crippen LogP contribution in [0, 0.1) is 5.92 Å². The molecule has 1 aliphatic carbocycles. The third-order valence-electron chi connectivity index (χ3n) is 3.39. The number of rotatable bonds is 6. The topological polar surface area (TPSA) is 15.3 Å². The van der Waals surface area contributed by atoms with Crippen LogP contribution in [-0.4, -0.2) is 37.1 Å². The lowest BCUT2D eigenvalue weighted by Gasteiger charge is -2.25. The molecule has 82 valence electrons. The minimum atomic E-state index is 0.792. The highest BCUT2D eigenvalue weighted by Crippen LogP contribution is 2.29. The van der Waals surface area contributed by atoms with E-state index in [-0.39, 0.29) is 0 Å². The van der Waals surface area contributed by atoms with Crippen molar-refractivity contribution >= 4 is 0 Å². The van der Waals surface area contributed by atoms with Gasteiger partial charge in [0.05, 0.1) is 0 Å². The maximum atomic E-state index is 3.60. The molecule has 0 aromatic carbocycles. The Balaban J connectivity index is 1.70. The maximum Gasteiger partial charge on any atom is 0.0195 e. The fourth-order valence-electron chi connectivity index (χ4n) is 2.46. The van der Waals surface area contributed by atoms with E-state index in [2.05, 4.69) is 17.1 Å². The Hall–Kier alpha value is -0.0800. The van der Waals surface area contributed by atoms with Crippen LogP contribution in [0.4, 0.5) is 0 Å². The average Bonchev–Trinajstić information content (AvgIpc) is 2.81. The van der Waals surface area contributed by atoms with Gasteiger partial charge in [-0.15, -0.1) is 0 Å². The second-order valence-corrected chi connectivity index (χ2v) is 5.00. The fourth-order valence-corrected chi connectivity index (χ4v) is 2.46. The molecule has 14 heavy (non-hydrogen) atoms. The van der Waals surface area contributed by atoms with E-state index < -0.39 is 0 Å². The molecule has 1 saturated heterocycles. The van der Waals surface area contributed by atoms with Crippen LogP contribution in [0.2, 0.25) is 0 Å². The van der Waals surface area contributed by atoms with E-state index in [1.807, 2.05) is 0 Å². The molecule has 2 fully saturated rings. The summed E-state index contributed by atoms with van der Waals surface area (Å²) in [6.45, 7) is 7.50.